The Balaban J connectivity index is 1.92. The number of benzene rings is 3. The fourth-order valence-corrected chi connectivity index (χ4v) is 3.22. The van der Waals surface area contributed by atoms with Crippen LogP contribution in [0.5, 0.6) is 0 Å². The highest BCUT2D eigenvalue weighted by Crippen LogP contribution is 2.37. The van der Waals surface area contributed by atoms with E-state index >= 15 is 0 Å². The molecule has 0 fully saturated rings. The normalized spacial score (nSPS) is 20.1. The number of ketones is 1. The first kappa shape index (κ1) is 13.0. The fourth-order valence-electron chi connectivity index (χ4n) is 3.22. The summed E-state index contributed by atoms with van der Waals surface area (Å²) in [7, 11) is 0. The molecule has 1 heteroatoms. The zero-order chi connectivity index (χ0) is 15.2. The van der Waals surface area contributed by atoms with Gasteiger partial charge in [0.2, 0.25) is 0 Å². The zero-order valence-electron chi connectivity index (χ0n) is 12.4. The van der Waals surface area contributed by atoms with Gasteiger partial charge in [-0.15, -0.1) is 0 Å². The monoisotopic (exact) mass is 284 g/mol. The van der Waals surface area contributed by atoms with Gasteiger partial charge in [-0.3, -0.25) is 4.79 Å². The molecule has 0 heterocycles. The Bertz CT molecular complexity index is 906. The summed E-state index contributed by atoms with van der Waals surface area (Å²) < 4.78 is 0. The van der Waals surface area contributed by atoms with Crippen LogP contribution in [0, 0.1) is 0 Å². The average Bonchev–Trinajstić information content (AvgIpc) is 2.58. The predicted molar refractivity (Wildman–Crippen MR) is 91.1 cm³/mol. The Morgan fingerprint density at radius 2 is 1.45 bits per heavy atom. The minimum absolute atomic E-state index is 0.168. The van der Waals surface area contributed by atoms with E-state index in [1.165, 1.54) is 5.39 Å². The Hall–Kier alpha value is -2.67. The van der Waals surface area contributed by atoms with Gasteiger partial charge in [0.05, 0.1) is 5.41 Å². The molecular formula is C21H16O. The van der Waals surface area contributed by atoms with E-state index in [4.69, 9.17) is 0 Å². The van der Waals surface area contributed by atoms with Gasteiger partial charge in [-0.2, -0.15) is 0 Å². The summed E-state index contributed by atoms with van der Waals surface area (Å²) in [6.45, 7) is 2.00. The molecule has 0 amide bonds. The standard InChI is InChI=1S/C21H16O/c1-21(18-9-3-2-4-10-18)12-11-17-13-15-7-5-6-8-16(15)14-19(17)20(21)22/h2-14H,1H3. The van der Waals surface area contributed by atoms with Gasteiger partial charge in [-0.25, -0.2) is 0 Å². The number of rotatable bonds is 1. The number of hydrogen-bond donors (Lipinski definition) is 0. The lowest BCUT2D eigenvalue weighted by atomic mass is 9.71. The molecule has 0 bridgehead atoms. The van der Waals surface area contributed by atoms with Crippen LogP contribution in [-0.2, 0) is 5.41 Å². The highest BCUT2D eigenvalue weighted by Gasteiger charge is 2.36. The van der Waals surface area contributed by atoms with Gasteiger partial charge in [-0.1, -0.05) is 66.7 Å². The molecule has 0 saturated carbocycles. The first-order valence-electron chi connectivity index (χ1n) is 7.51. The van der Waals surface area contributed by atoms with E-state index < -0.39 is 5.41 Å². The maximum Gasteiger partial charge on any atom is 0.177 e. The molecule has 1 unspecified atom stereocenters. The third kappa shape index (κ3) is 1.82. The maximum atomic E-state index is 13.1. The van der Waals surface area contributed by atoms with Gasteiger partial charge in [0.1, 0.15) is 0 Å². The van der Waals surface area contributed by atoms with Crippen LogP contribution < -0.4 is 0 Å². The van der Waals surface area contributed by atoms with Crippen LogP contribution in [0.15, 0.2) is 72.8 Å². The van der Waals surface area contributed by atoms with Crippen molar-refractivity contribution >= 4 is 22.6 Å². The van der Waals surface area contributed by atoms with Crippen molar-refractivity contribution in [1.82, 2.24) is 0 Å². The van der Waals surface area contributed by atoms with Gasteiger partial charge in [0.25, 0.3) is 0 Å². The number of carbonyl (C=O) groups excluding carboxylic acids is 1. The third-order valence-electron chi connectivity index (χ3n) is 4.60. The lowest BCUT2D eigenvalue weighted by Gasteiger charge is -2.29. The van der Waals surface area contributed by atoms with Crippen LogP contribution in [0.3, 0.4) is 0 Å². The van der Waals surface area contributed by atoms with E-state index in [0.29, 0.717) is 0 Å². The largest absolute Gasteiger partial charge is 0.293 e. The second-order valence-corrected chi connectivity index (χ2v) is 6.02. The zero-order valence-corrected chi connectivity index (χ0v) is 12.4. The fraction of sp³-hybridized carbons (Fsp3) is 0.0952. The minimum Gasteiger partial charge on any atom is -0.293 e. The topological polar surface area (TPSA) is 17.1 Å². The second-order valence-electron chi connectivity index (χ2n) is 6.02. The Morgan fingerprint density at radius 3 is 2.18 bits per heavy atom. The van der Waals surface area contributed by atoms with E-state index in [1.54, 1.807) is 0 Å². The molecule has 3 aromatic carbocycles. The molecule has 106 valence electrons. The lowest BCUT2D eigenvalue weighted by molar-refractivity contribution is 0.0925. The van der Waals surface area contributed by atoms with Gasteiger partial charge in [0, 0.05) is 5.56 Å². The molecular weight excluding hydrogens is 268 g/mol. The molecule has 4 rings (SSSR count). The quantitative estimate of drug-likeness (QED) is 0.614. The van der Waals surface area contributed by atoms with Crippen LogP contribution >= 0.6 is 0 Å². The van der Waals surface area contributed by atoms with E-state index in [0.717, 1.165) is 22.1 Å². The highest BCUT2D eigenvalue weighted by molar-refractivity contribution is 6.12. The maximum absolute atomic E-state index is 13.1. The number of fused-ring (bicyclic) bond motifs is 2. The lowest BCUT2D eigenvalue weighted by Crippen LogP contribution is -2.33. The van der Waals surface area contributed by atoms with E-state index in [2.05, 4.69) is 24.3 Å². The summed E-state index contributed by atoms with van der Waals surface area (Å²) in [5.41, 5.74) is 2.27. The number of Topliss-reactive ketones (excluding diaryl/α,β-unsaturated/α-hetero) is 1. The van der Waals surface area contributed by atoms with E-state index in [1.807, 2.05) is 61.5 Å². The van der Waals surface area contributed by atoms with Crippen LogP contribution in [0.4, 0.5) is 0 Å². The summed E-state index contributed by atoms with van der Waals surface area (Å²) in [6.07, 6.45) is 4.11. The third-order valence-corrected chi connectivity index (χ3v) is 4.60. The average molecular weight is 284 g/mol. The number of hydrogen-bond acceptors (Lipinski definition) is 1. The molecule has 0 aromatic heterocycles. The molecule has 1 aliphatic rings. The summed E-state index contributed by atoms with van der Waals surface area (Å²) in [5, 5.41) is 2.28. The van der Waals surface area contributed by atoms with Gasteiger partial charge in [-0.05, 0) is 41.0 Å². The Morgan fingerprint density at radius 1 is 0.818 bits per heavy atom. The Kier molecular flexibility index (Phi) is 2.77. The van der Waals surface area contributed by atoms with Crippen molar-refractivity contribution < 1.29 is 4.79 Å². The minimum atomic E-state index is -0.587. The summed E-state index contributed by atoms with van der Waals surface area (Å²) >= 11 is 0. The van der Waals surface area contributed by atoms with E-state index in [9.17, 15) is 4.79 Å². The molecule has 0 spiro atoms. The van der Waals surface area contributed by atoms with Crippen molar-refractivity contribution in [2.24, 2.45) is 0 Å². The molecule has 0 aliphatic heterocycles. The van der Waals surface area contributed by atoms with Crippen LogP contribution in [0.1, 0.15) is 28.4 Å². The van der Waals surface area contributed by atoms with Crippen molar-refractivity contribution in [3.63, 3.8) is 0 Å². The molecule has 1 aliphatic carbocycles. The molecule has 1 atom stereocenters. The highest BCUT2D eigenvalue weighted by atomic mass is 16.1. The number of carbonyl (C=O) groups is 1. The van der Waals surface area contributed by atoms with Crippen LogP contribution in [-0.4, -0.2) is 5.78 Å². The summed E-state index contributed by atoms with van der Waals surface area (Å²) in [4.78, 5) is 13.1. The van der Waals surface area contributed by atoms with E-state index in [-0.39, 0.29) is 5.78 Å². The van der Waals surface area contributed by atoms with Crippen molar-refractivity contribution in [2.45, 2.75) is 12.3 Å². The molecule has 0 radical (unpaired) electrons. The van der Waals surface area contributed by atoms with Crippen molar-refractivity contribution in [2.75, 3.05) is 0 Å². The molecule has 22 heavy (non-hydrogen) atoms. The Labute approximate surface area is 129 Å². The first-order valence-corrected chi connectivity index (χ1v) is 7.51. The van der Waals surface area contributed by atoms with Crippen molar-refractivity contribution in [1.29, 1.82) is 0 Å². The SMILES string of the molecule is CC1(c2ccccc2)C=Cc2cc3ccccc3cc2C1=O. The number of allylic oxidation sites excluding steroid dienone is 1. The summed E-state index contributed by atoms with van der Waals surface area (Å²) in [6, 6.07) is 22.3. The van der Waals surface area contributed by atoms with Crippen LogP contribution in [0.25, 0.3) is 16.8 Å². The molecule has 0 N–H and O–H groups in total. The first-order chi connectivity index (χ1) is 10.7. The summed E-state index contributed by atoms with van der Waals surface area (Å²) in [5.74, 6) is 0.168. The molecule has 3 aromatic rings. The van der Waals surface area contributed by atoms with Crippen molar-refractivity contribution in [3.8, 4) is 0 Å². The predicted octanol–water partition coefficient (Wildman–Crippen LogP) is 5.01. The van der Waals surface area contributed by atoms with Crippen molar-refractivity contribution in [3.05, 3.63) is 89.5 Å². The van der Waals surface area contributed by atoms with Crippen LogP contribution in [0.2, 0.25) is 0 Å². The van der Waals surface area contributed by atoms with Gasteiger partial charge in [0.15, 0.2) is 5.78 Å². The van der Waals surface area contributed by atoms with Gasteiger partial charge >= 0.3 is 0 Å². The van der Waals surface area contributed by atoms with Gasteiger partial charge < -0.3 is 0 Å². The molecule has 0 saturated heterocycles. The second kappa shape index (κ2) is 4.67. The smallest absolute Gasteiger partial charge is 0.177 e. The molecule has 1 nitrogen and oxygen atoms in total.